The fourth-order valence-corrected chi connectivity index (χ4v) is 2.84. The zero-order valence-electron chi connectivity index (χ0n) is 14.2. The number of carbonyl (C=O) groups excluding carboxylic acids is 1. The quantitative estimate of drug-likeness (QED) is 0.548. The van der Waals surface area contributed by atoms with E-state index in [-0.39, 0.29) is 40.6 Å². The van der Waals surface area contributed by atoms with Gasteiger partial charge in [0.05, 0.1) is 37.3 Å². The first kappa shape index (κ1) is 20.1. The molecule has 1 atom stereocenters. The zero-order chi connectivity index (χ0) is 19.5. The summed E-state index contributed by atoms with van der Waals surface area (Å²) in [5.74, 6) is -1.62. The van der Waals surface area contributed by atoms with Crippen molar-refractivity contribution < 1.29 is 31.4 Å². The molecule has 1 aliphatic rings. The highest BCUT2D eigenvalue weighted by molar-refractivity contribution is 7.85. The van der Waals surface area contributed by atoms with Gasteiger partial charge in [-0.15, -0.1) is 0 Å². The first-order valence-electron chi connectivity index (χ1n) is 7.27. The maximum Gasteiger partial charge on any atom is 0.352 e. The van der Waals surface area contributed by atoms with Gasteiger partial charge in [-0.05, 0) is 6.07 Å². The molecule has 142 valence electrons. The first-order valence-corrected chi connectivity index (χ1v) is 9.47. The molecule has 0 aliphatic carbocycles. The topological polar surface area (TPSA) is 104 Å². The molecule has 0 N–H and O–H groups in total. The van der Waals surface area contributed by atoms with Crippen LogP contribution in [0.2, 0.25) is 5.02 Å². The normalized spacial score (nSPS) is 19.0. The third-order valence-electron chi connectivity index (χ3n) is 3.48. The number of hydrogen-bond donors (Lipinski definition) is 0. The van der Waals surface area contributed by atoms with Crippen LogP contribution in [0.15, 0.2) is 22.3 Å². The maximum atomic E-state index is 14.7. The monoisotopic (exact) mass is 406 g/mol. The van der Waals surface area contributed by atoms with Gasteiger partial charge in [0.15, 0.2) is 11.6 Å². The van der Waals surface area contributed by atoms with Crippen LogP contribution in [-0.2, 0) is 23.9 Å². The minimum Gasteiger partial charge on any atom is -0.492 e. The van der Waals surface area contributed by atoms with Crippen molar-refractivity contribution in [3.8, 4) is 5.75 Å². The molecule has 0 saturated heterocycles. The maximum absolute atomic E-state index is 14.7. The lowest BCUT2D eigenvalue weighted by Gasteiger charge is -2.22. The fourth-order valence-electron chi connectivity index (χ4n) is 2.37. The summed E-state index contributed by atoms with van der Waals surface area (Å²) in [5.41, 5.74) is 0.275. The van der Waals surface area contributed by atoms with Crippen molar-refractivity contribution in [2.75, 3.05) is 20.5 Å². The van der Waals surface area contributed by atoms with Crippen molar-refractivity contribution in [1.29, 1.82) is 0 Å². The Hall–Kier alpha value is -2.20. The van der Waals surface area contributed by atoms with Crippen molar-refractivity contribution in [2.45, 2.75) is 18.9 Å². The number of rotatable bonds is 5. The Morgan fingerprint density at radius 2 is 2.08 bits per heavy atom. The second kappa shape index (κ2) is 8.00. The summed E-state index contributed by atoms with van der Waals surface area (Å²) >= 11 is 5.89. The van der Waals surface area contributed by atoms with Gasteiger partial charge < -0.3 is 9.47 Å². The van der Waals surface area contributed by atoms with Crippen LogP contribution in [0.25, 0.3) is 0 Å². The third-order valence-corrected chi connectivity index (χ3v) is 4.12. The number of aliphatic imine (C=N–C) groups is 1. The molecular formula is C15H16ClFN2O6S. The number of oxime groups is 1. The highest BCUT2D eigenvalue weighted by Gasteiger charge is 2.29. The summed E-state index contributed by atoms with van der Waals surface area (Å²) < 4.78 is 50.9. The van der Waals surface area contributed by atoms with Gasteiger partial charge >= 0.3 is 16.1 Å². The van der Waals surface area contributed by atoms with Crippen LogP contribution in [0.4, 0.5) is 4.39 Å². The van der Waals surface area contributed by atoms with Crippen LogP contribution in [0.5, 0.6) is 5.75 Å². The van der Waals surface area contributed by atoms with Gasteiger partial charge in [0.1, 0.15) is 5.71 Å². The van der Waals surface area contributed by atoms with E-state index in [1.807, 2.05) is 0 Å². The van der Waals surface area contributed by atoms with E-state index in [1.165, 1.54) is 26.4 Å². The standard InChI is InChI=1S/C15H16ClFN2O6S/c1-23-14-10(16)5-4-9(13(14)17)11-6-8(19-25-26(3,21)22)7-12(18-11)15(20)24-2/h4-5,11H,6-7H2,1-3H3. The number of ether oxygens (including phenoxy) is 2. The molecule has 0 fully saturated rings. The van der Waals surface area contributed by atoms with Crippen LogP contribution < -0.4 is 4.74 Å². The van der Waals surface area contributed by atoms with Crippen LogP contribution in [0.1, 0.15) is 24.4 Å². The largest absolute Gasteiger partial charge is 0.492 e. The first-order chi connectivity index (χ1) is 12.2. The number of halogens is 2. The van der Waals surface area contributed by atoms with E-state index < -0.39 is 27.9 Å². The van der Waals surface area contributed by atoms with Gasteiger partial charge in [-0.3, -0.25) is 9.28 Å². The van der Waals surface area contributed by atoms with Gasteiger partial charge in [0.2, 0.25) is 0 Å². The highest BCUT2D eigenvalue weighted by Crippen LogP contribution is 2.36. The van der Waals surface area contributed by atoms with Crippen LogP contribution in [-0.4, -0.2) is 46.3 Å². The molecule has 1 aliphatic heterocycles. The second-order valence-electron chi connectivity index (χ2n) is 5.38. The van der Waals surface area contributed by atoms with Gasteiger partial charge in [0, 0.05) is 18.4 Å². The fraction of sp³-hybridized carbons (Fsp3) is 0.400. The molecule has 0 saturated carbocycles. The highest BCUT2D eigenvalue weighted by atomic mass is 35.5. The average molecular weight is 407 g/mol. The van der Waals surface area contributed by atoms with Crippen LogP contribution in [0.3, 0.4) is 0 Å². The lowest BCUT2D eigenvalue weighted by molar-refractivity contribution is -0.132. The van der Waals surface area contributed by atoms with Crippen LogP contribution >= 0.6 is 11.6 Å². The van der Waals surface area contributed by atoms with E-state index in [4.69, 9.17) is 16.3 Å². The van der Waals surface area contributed by atoms with Gasteiger partial charge in [0.25, 0.3) is 0 Å². The summed E-state index contributed by atoms with van der Waals surface area (Å²) in [7, 11) is -1.39. The number of methoxy groups -OCH3 is 2. The molecule has 0 amide bonds. The Balaban J connectivity index is 2.47. The lowest BCUT2D eigenvalue weighted by atomic mass is 9.94. The number of hydrogen-bond acceptors (Lipinski definition) is 8. The molecule has 0 aromatic heterocycles. The molecule has 8 nitrogen and oxygen atoms in total. The Morgan fingerprint density at radius 3 is 2.65 bits per heavy atom. The van der Waals surface area contributed by atoms with Crippen molar-refractivity contribution in [2.24, 2.45) is 10.1 Å². The summed E-state index contributed by atoms with van der Waals surface area (Å²) in [5, 5.41) is 3.63. The molecule has 2 rings (SSSR count). The third kappa shape index (κ3) is 4.70. The van der Waals surface area contributed by atoms with E-state index in [9.17, 15) is 17.6 Å². The number of nitrogens with zero attached hydrogens (tertiary/aromatic N) is 2. The summed E-state index contributed by atoms with van der Waals surface area (Å²) in [6.45, 7) is 0. The van der Waals surface area contributed by atoms with Gasteiger partial charge in [-0.1, -0.05) is 22.8 Å². The molecule has 1 heterocycles. The van der Waals surface area contributed by atoms with Crippen molar-refractivity contribution in [3.63, 3.8) is 0 Å². The van der Waals surface area contributed by atoms with E-state index in [0.29, 0.717) is 0 Å². The zero-order valence-corrected chi connectivity index (χ0v) is 15.7. The summed E-state index contributed by atoms with van der Waals surface area (Å²) in [6.07, 6.45) is 0.791. The predicted molar refractivity (Wildman–Crippen MR) is 92.8 cm³/mol. The van der Waals surface area contributed by atoms with Gasteiger partial charge in [-0.2, -0.15) is 8.42 Å². The van der Waals surface area contributed by atoms with Crippen molar-refractivity contribution in [3.05, 3.63) is 28.5 Å². The Labute approximate surface area is 154 Å². The molecule has 11 heteroatoms. The van der Waals surface area contributed by atoms with E-state index >= 15 is 0 Å². The minimum atomic E-state index is -3.83. The smallest absolute Gasteiger partial charge is 0.352 e. The van der Waals surface area contributed by atoms with E-state index in [2.05, 4.69) is 19.2 Å². The van der Waals surface area contributed by atoms with Gasteiger partial charge in [-0.25, -0.2) is 9.18 Å². The second-order valence-corrected chi connectivity index (χ2v) is 7.35. The SMILES string of the molecule is COC(=O)C1=NC(c2ccc(Cl)c(OC)c2F)CC(=NOS(C)(=O)=O)C1. The minimum absolute atomic E-state index is 0.0343. The molecule has 0 radical (unpaired) electrons. The van der Waals surface area contributed by atoms with Crippen molar-refractivity contribution in [1.82, 2.24) is 0 Å². The predicted octanol–water partition coefficient (Wildman–Crippen LogP) is 2.27. The molecule has 26 heavy (non-hydrogen) atoms. The molecule has 1 aromatic carbocycles. The van der Waals surface area contributed by atoms with Crippen molar-refractivity contribution >= 4 is 39.1 Å². The molecule has 1 unspecified atom stereocenters. The van der Waals surface area contributed by atoms with Crippen LogP contribution in [0, 0.1) is 5.82 Å². The molecule has 0 bridgehead atoms. The van der Waals surface area contributed by atoms with E-state index in [1.54, 1.807) is 0 Å². The summed E-state index contributed by atoms with van der Waals surface area (Å²) in [6, 6.07) is 1.99. The number of carbonyl (C=O) groups is 1. The Kier molecular flexibility index (Phi) is 6.19. The average Bonchev–Trinajstić information content (AvgIpc) is 2.59. The molecule has 1 aromatic rings. The summed E-state index contributed by atoms with van der Waals surface area (Å²) in [4.78, 5) is 16.0. The van der Waals surface area contributed by atoms with E-state index in [0.717, 1.165) is 6.26 Å². The number of benzene rings is 1. The Morgan fingerprint density at radius 1 is 1.38 bits per heavy atom. The molecular weight excluding hydrogens is 391 g/mol. The number of esters is 1. The molecule has 0 spiro atoms. The Bertz CT molecular complexity index is 884. The lowest BCUT2D eigenvalue weighted by Crippen LogP contribution is -2.27.